The van der Waals surface area contributed by atoms with Crippen LogP contribution in [-0.2, 0) is 16.1 Å². The summed E-state index contributed by atoms with van der Waals surface area (Å²) in [4.78, 5) is 41.4. The van der Waals surface area contributed by atoms with Gasteiger partial charge in [0.05, 0.1) is 18.9 Å². The third-order valence-corrected chi connectivity index (χ3v) is 5.51. The quantitative estimate of drug-likeness (QED) is 0.369. The first-order valence-electron chi connectivity index (χ1n) is 8.87. The lowest BCUT2D eigenvalue weighted by Crippen LogP contribution is -2.23. The molecule has 0 atom stereocenters. The predicted molar refractivity (Wildman–Crippen MR) is 111 cm³/mol. The van der Waals surface area contributed by atoms with E-state index in [1.165, 1.54) is 36.2 Å². The van der Waals surface area contributed by atoms with E-state index in [4.69, 9.17) is 13.9 Å². The first kappa shape index (κ1) is 19.6. The Hall–Kier alpha value is -3.72. The second-order valence-electron chi connectivity index (χ2n) is 6.26. The van der Waals surface area contributed by atoms with Gasteiger partial charge in [0, 0.05) is 5.39 Å². The summed E-state index contributed by atoms with van der Waals surface area (Å²) in [6.07, 6.45) is 0. The van der Waals surface area contributed by atoms with E-state index in [-0.39, 0.29) is 16.9 Å². The molecule has 1 amide bonds. The molecular formula is C21H16N2O6S. The molecule has 2 aromatic heterocycles. The maximum atomic E-state index is 12.8. The van der Waals surface area contributed by atoms with Gasteiger partial charge in [-0.25, -0.2) is 4.79 Å². The van der Waals surface area contributed by atoms with Gasteiger partial charge in [0.25, 0.3) is 5.91 Å². The lowest BCUT2D eigenvalue weighted by atomic mass is 10.2. The van der Waals surface area contributed by atoms with Crippen LogP contribution in [-0.4, -0.2) is 30.7 Å². The number of fused-ring (bicyclic) bond motifs is 2. The van der Waals surface area contributed by atoms with Crippen LogP contribution in [0.2, 0.25) is 0 Å². The molecule has 152 valence electrons. The van der Waals surface area contributed by atoms with Crippen molar-refractivity contribution in [2.24, 2.45) is 4.99 Å². The number of aromatic nitrogens is 1. The van der Waals surface area contributed by atoms with Crippen LogP contribution in [0.5, 0.6) is 5.75 Å². The second kappa shape index (κ2) is 7.96. The minimum atomic E-state index is -0.777. The number of nitrogens with zero attached hydrogens (tertiary/aromatic N) is 2. The molecule has 2 heterocycles. The number of para-hydroxylation sites is 2. The van der Waals surface area contributed by atoms with Crippen LogP contribution in [0.1, 0.15) is 10.4 Å². The molecule has 0 spiro atoms. The van der Waals surface area contributed by atoms with Crippen LogP contribution in [0.3, 0.4) is 0 Å². The van der Waals surface area contributed by atoms with Gasteiger partial charge in [-0.1, -0.05) is 35.6 Å². The van der Waals surface area contributed by atoms with Crippen molar-refractivity contribution in [1.29, 1.82) is 0 Å². The number of ether oxygens (including phenoxy) is 2. The standard InChI is InChI=1S/C21H16N2O6S/c1-27-15-8-5-9-16-18(15)23(11-17(24)28-2)21(30-16)22-19(25)13-10-12-6-3-4-7-14(12)29-20(13)26/h3-10H,11H2,1-2H3. The minimum Gasteiger partial charge on any atom is -0.495 e. The average Bonchev–Trinajstić information content (AvgIpc) is 3.09. The molecule has 9 heteroatoms. The summed E-state index contributed by atoms with van der Waals surface area (Å²) in [5.74, 6) is -0.759. The minimum absolute atomic E-state index is 0.171. The first-order chi connectivity index (χ1) is 14.5. The van der Waals surface area contributed by atoms with Gasteiger partial charge < -0.3 is 18.5 Å². The van der Waals surface area contributed by atoms with Gasteiger partial charge in [0.1, 0.15) is 29.0 Å². The number of esters is 1. The van der Waals surface area contributed by atoms with E-state index in [2.05, 4.69) is 4.99 Å². The molecule has 0 aliphatic rings. The highest BCUT2D eigenvalue weighted by atomic mass is 32.1. The fraction of sp³-hybridized carbons (Fsp3) is 0.143. The van der Waals surface area contributed by atoms with E-state index in [0.717, 1.165) is 4.70 Å². The van der Waals surface area contributed by atoms with Crippen LogP contribution < -0.4 is 15.2 Å². The van der Waals surface area contributed by atoms with Crippen molar-refractivity contribution in [3.05, 3.63) is 69.3 Å². The van der Waals surface area contributed by atoms with Gasteiger partial charge in [-0.2, -0.15) is 4.99 Å². The fourth-order valence-corrected chi connectivity index (χ4v) is 4.09. The number of hydrogen-bond acceptors (Lipinski definition) is 7. The Balaban J connectivity index is 1.91. The van der Waals surface area contributed by atoms with Gasteiger partial charge >= 0.3 is 11.6 Å². The average molecular weight is 424 g/mol. The number of hydrogen-bond donors (Lipinski definition) is 0. The zero-order valence-electron chi connectivity index (χ0n) is 16.1. The van der Waals surface area contributed by atoms with Crippen molar-refractivity contribution in [3.63, 3.8) is 0 Å². The van der Waals surface area contributed by atoms with Gasteiger partial charge in [0.2, 0.25) is 0 Å². The molecule has 0 saturated carbocycles. The Morgan fingerprint density at radius 1 is 1.13 bits per heavy atom. The van der Waals surface area contributed by atoms with Crippen LogP contribution >= 0.6 is 11.3 Å². The molecule has 0 N–H and O–H groups in total. The first-order valence-corrected chi connectivity index (χ1v) is 9.68. The molecule has 0 fully saturated rings. The normalized spacial score (nSPS) is 11.7. The summed E-state index contributed by atoms with van der Waals surface area (Å²) in [7, 11) is 2.79. The van der Waals surface area contributed by atoms with Gasteiger partial charge in [-0.05, 0) is 24.3 Å². The number of amides is 1. The van der Waals surface area contributed by atoms with Crippen LogP contribution in [0, 0.1) is 0 Å². The molecule has 0 unspecified atom stereocenters. The SMILES string of the molecule is COC(=O)Cn1c(=NC(=O)c2cc3ccccc3oc2=O)sc2cccc(OC)c21. The van der Waals surface area contributed by atoms with Crippen molar-refractivity contribution >= 4 is 44.4 Å². The summed E-state index contributed by atoms with van der Waals surface area (Å²) >= 11 is 1.19. The topological polar surface area (TPSA) is 100 Å². The van der Waals surface area contributed by atoms with Crippen molar-refractivity contribution in [1.82, 2.24) is 4.57 Å². The summed E-state index contributed by atoms with van der Waals surface area (Å²) < 4.78 is 17.7. The number of rotatable bonds is 4. The molecule has 8 nitrogen and oxygen atoms in total. The maximum Gasteiger partial charge on any atom is 0.349 e. The lowest BCUT2D eigenvalue weighted by Gasteiger charge is -2.07. The Morgan fingerprint density at radius 3 is 2.70 bits per heavy atom. The Morgan fingerprint density at radius 2 is 1.93 bits per heavy atom. The summed E-state index contributed by atoms with van der Waals surface area (Å²) in [5, 5.41) is 0.607. The highest BCUT2D eigenvalue weighted by molar-refractivity contribution is 7.16. The third kappa shape index (κ3) is 3.50. The predicted octanol–water partition coefficient (Wildman–Crippen LogP) is 2.73. The van der Waals surface area contributed by atoms with Crippen molar-refractivity contribution < 1.29 is 23.5 Å². The fourth-order valence-electron chi connectivity index (χ4n) is 3.05. The number of carbonyl (C=O) groups is 2. The molecule has 0 bridgehead atoms. The number of carbonyl (C=O) groups excluding carboxylic acids is 2. The highest BCUT2D eigenvalue weighted by Crippen LogP contribution is 2.27. The molecule has 0 radical (unpaired) electrons. The molecule has 4 rings (SSSR count). The molecule has 0 aliphatic heterocycles. The number of methoxy groups -OCH3 is 2. The van der Waals surface area contributed by atoms with Crippen molar-refractivity contribution in [2.45, 2.75) is 6.54 Å². The van der Waals surface area contributed by atoms with E-state index in [9.17, 15) is 14.4 Å². The molecular weight excluding hydrogens is 408 g/mol. The number of benzene rings is 2. The Kier molecular flexibility index (Phi) is 5.20. The monoisotopic (exact) mass is 424 g/mol. The van der Waals surface area contributed by atoms with Crippen LogP contribution in [0.4, 0.5) is 0 Å². The highest BCUT2D eigenvalue weighted by Gasteiger charge is 2.17. The van der Waals surface area contributed by atoms with Gasteiger partial charge in [0.15, 0.2) is 4.80 Å². The zero-order valence-corrected chi connectivity index (χ0v) is 16.9. The van der Waals surface area contributed by atoms with Crippen LogP contribution in [0.25, 0.3) is 21.2 Å². The van der Waals surface area contributed by atoms with Crippen molar-refractivity contribution in [3.8, 4) is 5.75 Å². The van der Waals surface area contributed by atoms with E-state index in [1.807, 2.05) is 6.07 Å². The second-order valence-corrected chi connectivity index (χ2v) is 7.27. The van der Waals surface area contributed by atoms with Gasteiger partial charge in [-0.3, -0.25) is 9.59 Å². The van der Waals surface area contributed by atoms with E-state index < -0.39 is 17.5 Å². The zero-order chi connectivity index (χ0) is 21.3. The van der Waals surface area contributed by atoms with E-state index in [0.29, 0.717) is 22.2 Å². The Labute approximate surface area is 173 Å². The number of thiazole rings is 1. The maximum absolute atomic E-state index is 12.8. The third-order valence-electron chi connectivity index (χ3n) is 4.47. The van der Waals surface area contributed by atoms with Crippen LogP contribution in [0.15, 0.2) is 62.7 Å². The molecule has 2 aromatic carbocycles. The Bertz CT molecular complexity index is 1410. The lowest BCUT2D eigenvalue weighted by molar-refractivity contribution is -0.141. The van der Waals surface area contributed by atoms with Crippen molar-refractivity contribution in [2.75, 3.05) is 14.2 Å². The van der Waals surface area contributed by atoms with E-state index in [1.54, 1.807) is 36.4 Å². The molecule has 0 aliphatic carbocycles. The van der Waals surface area contributed by atoms with Gasteiger partial charge in [-0.15, -0.1) is 0 Å². The summed E-state index contributed by atoms with van der Waals surface area (Å²) in [5.41, 5.74) is 0.0160. The smallest absolute Gasteiger partial charge is 0.349 e. The summed E-state index contributed by atoms with van der Waals surface area (Å²) in [6, 6.07) is 13.7. The summed E-state index contributed by atoms with van der Waals surface area (Å²) in [6.45, 7) is -0.171. The molecule has 0 saturated heterocycles. The largest absolute Gasteiger partial charge is 0.495 e. The molecule has 30 heavy (non-hydrogen) atoms. The van der Waals surface area contributed by atoms with E-state index >= 15 is 0 Å². The molecule has 4 aromatic rings.